The molecule has 0 radical (unpaired) electrons. The number of alkyl halides is 2. The van der Waals surface area contributed by atoms with Gasteiger partial charge in [-0.1, -0.05) is 51.5 Å². The molecule has 6 heteroatoms. The second kappa shape index (κ2) is 14.4. The SMILES string of the molecule is C=CC(=O)OCCCC(F)(F)CCCSc1ccc2cc(-c3ccc(CCCCC)cc3CC)oc2c1. The Morgan fingerprint density at radius 3 is 2.62 bits per heavy atom. The Labute approximate surface area is 223 Å². The summed E-state index contributed by atoms with van der Waals surface area (Å²) in [7, 11) is 0. The van der Waals surface area contributed by atoms with Crippen molar-refractivity contribution < 1.29 is 22.7 Å². The molecule has 0 aliphatic heterocycles. The molecule has 200 valence electrons. The number of carbonyl (C=O) groups excluding carboxylic acids is 1. The molecule has 0 fully saturated rings. The van der Waals surface area contributed by atoms with Gasteiger partial charge in [0.1, 0.15) is 11.3 Å². The lowest BCUT2D eigenvalue weighted by Crippen LogP contribution is -2.17. The van der Waals surface area contributed by atoms with Crippen molar-refractivity contribution in [2.45, 2.75) is 82.5 Å². The van der Waals surface area contributed by atoms with E-state index in [9.17, 15) is 13.6 Å². The Morgan fingerprint density at radius 1 is 1.05 bits per heavy atom. The van der Waals surface area contributed by atoms with Gasteiger partial charge in [0.2, 0.25) is 5.92 Å². The minimum absolute atomic E-state index is 0.0107. The van der Waals surface area contributed by atoms with Crippen molar-refractivity contribution in [3.8, 4) is 11.3 Å². The minimum Gasteiger partial charge on any atom is -0.463 e. The summed E-state index contributed by atoms with van der Waals surface area (Å²) in [5, 5.41) is 1.04. The standard InChI is InChI=1S/C31H38F2O3S/c1-4-7-8-11-23-12-15-27(24(5-2)20-23)29-21-25-13-14-26(22-28(25)36-29)37-19-10-17-31(32,33)16-9-18-35-30(34)6-3/h6,12-15,20-22H,3-5,7-11,16-19H2,1-2H3. The lowest BCUT2D eigenvalue weighted by Gasteiger charge is -2.15. The summed E-state index contributed by atoms with van der Waals surface area (Å²) in [5.41, 5.74) is 4.62. The monoisotopic (exact) mass is 528 g/mol. The van der Waals surface area contributed by atoms with Gasteiger partial charge in [0.15, 0.2) is 0 Å². The summed E-state index contributed by atoms with van der Waals surface area (Å²) in [6.45, 7) is 7.67. The smallest absolute Gasteiger partial charge is 0.330 e. The fraction of sp³-hybridized carbons (Fsp3) is 0.452. The van der Waals surface area contributed by atoms with E-state index >= 15 is 0 Å². The van der Waals surface area contributed by atoms with Gasteiger partial charge < -0.3 is 9.15 Å². The van der Waals surface area contributed by atoms with Crippen LogP contribution in [0.3, 0.4) is 0 Å². The van der Waals surface area contributed by atoms with Gasteiger partial charge in [-0.05, 0) is 73.2 Å². The predicted molar refractivity (Wildman–Crippen MR) is 150 cm³/mol. The van der Waals surface area contributed by atoms with E-state index in [4.69, 9.17) is 9.15 Å². The van der Waals surface area contributed by atoms with Gasteiger partial charge in [0.05, 0.1) is 6.61 Å². The first-order valence-electron chi connectivity index (χ1n) is 13.3. The van der Waals surface area contributed by atoms with Crippen LogP contribution in [0.4, 0.5) is 8.78 Å². The van der Waals surface area contributed by atoms with Crippen LogP contribution in [0, 0.1) is 0 Å². The quantitative estimate of drug-likeness (QED) is 0.0803. The number of rotatable bonds is 16. The van der Waals surface area contributed by atoms with Gasteiger partial charge in [-0.3, -0.25) is 0 Å². The third kappa shape index (κ3) is 9.03. The molecule has 0 aliphatic rings. The van der Waals surface area contributed by atoms with Crippen molar-refractivity contribution in [3.05, 3.63) is 66.2 Å². The number of esters is 1. The highest BCUT2D eigenvalue weighted by atomic mass is 32.2. The Hall–Kier alpha value is -2.60. The van der Waals surface area contributed by atoms with Crippen molar-refractivity contribution in [3.63, 3.8) is 0 Å². The summed E-state index contributed by atoms with van der Waals surface area (Å²) < 4.78 is 39.2. The molecule has 2 aromatic carbocycles. The fourth-order valence-corrected chi connectivity index (χ4v) is 5.24. The topological polar surface area (TPSA) is 39.4 Å². The first-order valence-corrected chi connectivity index (χ1v) is 14.3. The Kier molecular flexibility index (Phi) is 11.2. The Morgan fingerprint density at radius 2 is 1.86 bits per heavy atom. The van der Waals surface area contributed by atoms with Gasteiger partial charge in [-0.25, -0.2) is 13.6 Å². The first kappa shape index (κ1) is 29.0. The second-order valence-electron chi connectivity index (χ2n) is 9.40. The van der Waals surface area contributed by atoms with Gasteiger partial charge in [0.25, 0.3) is 0 Å². The fourth-order valence-electron chi connectivity index (χ4n) is 4.36. The van der Waals surface area contributed by atoms with Crippen molar-refractivity contribution in [2.75, 3.05) is 12.4 Å². The highest BCUT2D eigenvalue weighted by molar-refractivity contribution is 7.99. The summed E-state index contributed by atoms with van der Waals surface area (Å²) in [6, 6.07) is 14.8. The molecule has 37 heavy (non-hydrogen) atoms. The van der Waals surface area contributed by atoms with Crippen molar-refractivity contribution in [2.24, 2.45) is 0 Å². The van der Waals surface area contributed by atoms with Crippen molar-refractivity contribution in [1.82, 2.24) is 0 Å². The number of unbranched alkanes of at least 4 members (excludes halogenated alkanes) is 2. The van der Waals surface area contributed by atoms with Crippen molar-refractivity contribution in [1.29, 1.82) is 0 Å². The maximum atomic E-state index is 14.1. The molecule has 3 rings (SSSR count). The number of thioether (sulfide) groups is 1. The number of hydrogen-bond donors (Lipinski definition) is 0. The van der Waals surface area contributed by atoms with Crippen LogP contribution in [0.25, 0.3) is 22.3 Å². The summed E-state index contributed by atoms with van der Waals surface area (Å²) >= 11 is 1.56. The number of benzene rings is 2. The number of ether oxygens (including phenoxy) is 1. The minimum atomic E-state index is -2.76. The van der Waals surface area contributed by atoms with E-state index in [0.29, 0.717) is 12.2 Å². The zero-order chi connectivity index (χ0) is 26.7. The molecular formula is C31H38F2O3S. The van der Waals surface area contributed by atoms with E-state index < -0.39 is 11.9 Å². The van der Waals surface area contributed by atoms with Gasteiger partial charge in [0, 0.05) is 34.8 Å². The number of carbonyl (C=O) groups is 1. The van der Waals surface area contributed by atoms with E-state index in [-0.39, 0.29) is 25.9 Å². The van der Waals surface area contributed by atoms with Crippen molar-refractivity contribution >= 4 is 28.7 Å². The molecule has 1 aromatic heterocycles. The van der Waals surface area contributed by atoms with Crippen LogP contribution in [-0.4, -0.2) is 24.3 Å². The normalized spacial score (nSPS) is 11.7. The number of halogens is 2. The van der Waals surface area contributed by atoms with Crippen LogP contribution in [0.1, 0.15) is 69.9 Å². The van der Waals surface area contributed by atoms with Crippen LogP contribution in [0.2, 0.25) is 0 Å². The molecule has 0 saturated heterocycles. The summed E-state index contributed by atoms with van der Waals surface area (Å²) in [4.78, 5) is 12.0. The Balaban J connectivity index is 1.54. The van der Waals surface area contributed by atoms with Gasteiger partial charge in [-0.15, -0.1) is 11.8 Å². The molecule has 0 saturated carbocycles. The van der Waals surface area contributed by atoms with Crippen LogP contribution in [0.5, 0.6) is 0 Å². The van der Waals surface area contributed by atoms with Crippen LogP contribution in [-0.2, 0) is 22.4 Å². The number of aryl methyl sites for hydroxylation is 2. The lowest BCUT2D eigenvalue weighted by molar-refractivity contribution is -0.138. The molecule has 0 bridgehead atoms. The molecular weight excluding hydrogens is 490 g/mol. The highest BCUT2D eigenvalue weighted by Gasteiger charge is 2.27. The third-order valence-electron chi connectivity index (χ3n) is 6.43. The summed E-state index contributed by atoms with van der Waals surface area (Å²) in [6.07, 6.45) is 6.85. The zero-order valence-electron chi connectivity index (χ0n) is 22.0. The molecule has 1 heterocycles. The Bertz CT molecular complexity index is 1170. The largest absolute Gasteiger partial charge is 0.463 e. The zero-order valence-corrected chi connectivity index (χ0v) is 22.8. The molecule has 0 unspecified atom stereocenters. The third-order valence-corrected chi connectivity index (χ3v) is 7.51. The van der Waals surface area contributed by atoms with E-state index in [1.165, 1.54) is 30.4 Å². The average molecular weight is 529 g/mol. The predicted octanol–water partition coefficient (Wildman–Crippen LogP) is 9.41. The van der Waals surface area contributed by atoms with E-state index in [1.54, 1.807) is 11.8 Å². The maximum Gasteiger partial charge on any atom is 0.330 e. The molecule has 0 amide bonds. The maximum absolute atomic E-state index is 14.1. The first-order chi connectivity index (χ1) is 17.8. The summed E-state index contributed by atoms with van der Waals surface area (Å²) in [5.74, 6) is -1.88. The van der Waals surface area contributed by atoms with Crippen LogP contribution >= 0.6 is 11.8 Å². The van der Waals surface area contributed by atoms with E-state index in [0.717, 1.165) is 46.1 Å². The molecule has 0 N–H and O–H groups in total. The second-order valence-corrected chi connectivity index (χ2v) is 10.6. The average Bonchev–Trinajstić information content (AvgIpc) is 3.32. The highest BCUT2D eigenvalue weighted by Crippen LogP contribution is 2.34. The number of fused-ring (bicyclic) bond motifs is 1. The van der Waals surface area contributed by atoms with Crippen LogP contribution in [0.15, 0.2) is 64.4 Å². The number of hydrogen-bond acceptors (Lipinski definition) is 4. The van der Waals surface area contributed by atoms with Gasteiger partial charge >= 0.3 is 5.97 Å². The molecule has 0 spiro atoms. The molecule has 3 nitrogen and oxygen atoms in total. The van der Waals surface area contributed by atoms with Crippen LogP contribution < -0.4 is 0 Å². The number of furan rings is 1. The molecule has 0 atom stereocenters. The lowest BCUT2D eigenvalue weighted by atomic mass is 9.97. The molecule has 3 aromatic rings. The van der Waals surface area contributed by atoms with Gasteiger partial charge in [-0.2, -0.15) is 0 Å². The van der Waals surface area contributed by atoms with E-state index in [1.807, 2.05) is 18.2 Å². The molecule has 0 aliphatic carbocycles. The van der Waals surface area contributed by atoms with E-state index in [2.05, 4.69) is 44.7 Å².